The number of anilines is 1. The molecule has 150 valence electrons. The van der Waals surface area contributed by atoms with Gasteiger partial charge in [-0.1, -0.05) is 0 Å². The van der Waals surface area contributed by atoms with Crippen molar-refractivity contribution in [3.63, 3.8) is 0 Å². The van der Waals surface area contributed by atoms with Crippen LogP contribution in [0.25, 0.3) is 0 Å². The molecule has 1 aromatic heterocycles. The van der Waals surface area contributed by atoms with Gasteiger partial charge in [0.05, 0.1) is 27.0 Å². The Kier molecular flexibility index (Phi) is 5.52. The second-order valence-electron chi connectivity index (χ2n) is 7.33. The van der Waals surface area contributed by atoms with Crippen LogP contribution in [0.15, 0.2) is 18.3 Å². The molecule has 1 aromatic carbocycles. The fourth-order valence-electron chi connectivity index (χ4n) is 4.05. The molecular formula is C21H28N4O3. The van der Waals surface area contributed by atoms with Crippen LogP contribution in [0.3, 0.4) is 0 Å². The molecule has 0 amide bonds. The number of fused-ring (bicyclic) bond motifs is 1. The SMILES string of the molecule is COc1cc(CN2CCc3nc(N4CCCC4)ncc3C2)cc(OC)c1OC. The zero-order valence-corrected chi connectivity index (χ0v) is 16.9. The Morgan fingerprint density at radius 1 is 0.964 bits per heavy atom. The van der Waals surface area contributed by atoms with E-state index in [2.05, 4.69) is 14.8 Å². The molecular weight excluding hydrogens is 356 g/mol. The summed E-state index contributed by atoms with van der Waals surface area (Å²) in [6.07, 6.45) is 5.44. The smallest absolute Gasteiger partial charge is 0.225 e. The Morgan fingerprint density at radius 3 is 2.32 bits per heavy atom. The lowest BCUT2D eigenvalue weighted by Crippen LogP contribution is -2.31. The van der Waals surface area contributed by atoms with Crippen molar-refractivity contribution in [3.8, 4) is 17.2 Å². The van der Waals surface area contributed by atoms with E-state index in [9.17, 15) is 0 Å². The number of methoxy groups -OCH3 is 3. The Labute approximate surface area is 166 Å². The molecule has 0 bridgehead atoms. The van der Waals surface area contributed by atoms with E-state index >= 15 is 0 Å². The van der Waals surface area contributed by atoms with Crippen LogP contribution < -0.4 is 19.1 Å². The predicted molar refractivity (Wildman–Crippen MR) is 107 cm³/mol. The van der Waals surface area contributed by atoms with Gasteiger partial charge in [0, 0.05) is 50.9 Å². The summed E-state index contributed by atoms with van der Waals surface area (Å²) in [5, 5.41) is 0. The first-order valence-corrected chi connectivity index (χ1v) is 9.82. The molecule has 0 radical (unpaired) electrons. The van der Waals surface area contributed by atoms with E-state index in [1.807, 2.05) is 18.3 Å². The van der Waals surface area contributed by atoms with Crippen LogP contribution in [0.2, 0.25) is 0 Å². The van der Waals surface area contributed by atoms with Gasteiger partial charge in [-0.05, 0) is 30.5 Å². The fourth-order valence-corrected chi connectivity index (χ4v) is 4.05. The van der Waals surface area contributed by atoms with E-state index < -0.39 is 0 Å². The Hall–Kier alpha value is -2.54. The number of rotatable bonds is 6. The molecule has 0 spiro atoms. The van der Waals surface area contributed by atoms with Crippen LogP contribution in [-0.4, -0.2) is 55.8 Å². The molecule has 2 aliphatic heterocycles. The van der Waals surface area contributed by atoms with E-state index in [0.29, 0.717) is 17.2 Å². The minimum atomic E-state index is 0.626. The molecule has 3 heterocycles. The maximum atomic E-state index is 5.48. The Bertz CT molecular complexity index is 811. The third kappa shape index (κ3) is 3.71. The monoisotopic (exact) mass is 384 g/mol. The first-order valence-electron chi connectivity index (χ1n) is 9.82. The normalized spacial score (nSPS) is 16.8. The second kappa shape index (κ2) is 8.22. The van der Waals surface area contributed by atoms with Crippen molar-refractivity contribution >= 4 is 5.95 Å². The average Bonchev–Trinajstić information content (AvgIpc) is 3.27. The minimum absolute atomic E-state index is 0.626. The van der Waals surface area contributed by atoms with Crippen molar-refractivity contribution in [1.82, 2.24) is 14.9 Å². The summed E-state index contributed by atoms with van der Waals surface area (Å²) in [5.41, 5.74) is 3.55. The van der Waals surface area contributed by atoms with Gasteiger partial charge in [0.1, 0.15) is 0 Å². The Balaban J connectivity index is 1.49. The van der Waals surface area contributed by atoms with Gasteiger partial charge >= 0.3 is 0 Å². The van der Waals surface area contributed by atoms with Crippen LogP contribution in [0.1, 0.15) is 29.7 Å². The predicted octanol–water partition coefficient (Wildman–Crippen LogP) is 2.66. The molecule has 1 fully saturated rings. The highest BCUT2D eigenvalue weighted by molar-refractivity contribution is 5.53. The van der Waals surface area contributed by atoms with Gasteiger partial charge in [-0.15, -0.1) is 0 Å². The van der Waals surface area contributed by atoms with E-state index in [4.69, 9.17) is 19.2 Å². The van der Waals surface area contributed by atoms with Crippen LogP contribution >= 0.6 is 0 Å². The summed E-state index contributed by atoms with van der Waals surface area (Å²) in [5.74, 6) is 2.90. The number of hydrogen-bond donors (Lipinski definition) is 0. The molecule has 7 heteroatoms. The number of ether oxygens (including phenoxy) is 3. The van der Waals surface area contributed by atoms with Crippen molar-refractivity contribution in [2.45, 2.75) is 32.4 Å². The Morgan fingerprint density at radius 2 is 1.68 bits per heavy atom. The summed E-state index contributed by atoms with van der Waals surface area (Å²) < 4.78 is 16.4. The topological polar surface area (TPSA) is 60.0 Å². The molecule has 0 aliphatic carbocycles. The highest BCUT2D eigenvalue weighted by atomic mass is 16.5. The molecule has 4 rings (SSSR count). The maximum Gasteiger partial charge on any atom is 0.225 e. The standard InChI is InChI=1S/C21H28N4O3/c1-26-18-10-15(11-19(27-2)20(18)28-3)13-24-9-6-17-16(14-24)12-22-21(23-17)25-7-4-5-8-25/h10-12H,4-9,13-14H2,1-3H3. The summed E-state index contributed by atoms with van der Waals surface area (Å²) in [7, 11) is 4.92. The zero-order valence-electron chi connectivity index (χ0n) is 16.9. The lowest BCUT2D eigenvalue weighted by Gasteiger charge is -2.29. The van der Waals surface area contributed by atoms with Gasteiger partial charge in [0.2, 0.25) is 11.7 Å². The van der Waals surface area contributed by atoms with Gasteiger partial charge in [-0.3, -0.25) is 4.90 Å². The maximum absolute atomic E-state index is 5.48. The van der Waals surface area contributed by atoms with Crippen LogP contribution in [-0.2, 0) is 19.5 Å². The molecule has 2 aliphatic rings. The third-order valence-electron chi connectivity index (χ3n) is 5.52. The largest absolute Gasteiger partial charge is 0.493 e. The lowest BCUT2D eigenvalue weighted by atomic mass is 10.1. The van der Waals surface area contributed by atoms with Crippen molar-refractivity contribution in [2.75, 3.05) is 45.9 Å². The third-order valence-corrected chi connectivity index (χ3v) is 5.52. The number of aromatic nitrogens is 2. The van der Waals surface area contributed by atoms with E-state index in [1.54, 1.807) is 21.3 Å². The number of nitrogens with zero attached hydrogens (tertiary/aromatic N) is 4. The van der Waals surface area contributed by atoms with Crippen molar-refractivity contribution in [3.05, 3.63) is 35.2 Å². The molecule has 1 saturated heterocycles. The van der Waals surface area contributed by atoms with E-state index in [-0.39, 0.29) is 0 Å². The molecule has 2 aromatic rings. The number of hydrogen-bond acceptors (Lipinski definition) is 7. The van der Waals surface area contributed by atoms with Crippen molar-refractivity contribution < 1.29 is 14.2 Å². The summed E-state index contributed by atoms with van der Waals surface area (Å²) in [6, 6.07) is 4.04. The summed E-state index contributed by atoms with van der Waals surface area (Å²) >= 11 is 0. The van der Waals surface area contributed by atoms with Crippen LogP contribution in [0, 0.1) is 0 Å². The first-order chi connectivity index (χ1) is 13.7. The molecule has 0 atom stereocenters. The van der Waals surface area contributed by atoms with Crippen LogP contribution in [0.4, 0.5) is 5.95 Å². The zero-order chi connectivity index (χ0) is 19.5. The van der Waals surface area contributed by atoms with Gasteiger partial charge in [0.15, 0.2) is 11.5 Å². The van der Waals surface area contributed by atoms with Gasteiger partial charge < -0.3 is 19.1 Å². The quantitative estimate of drug-likeness (QED) is 0.759. The fraction of sp³-hybridized carbons (Fsp3) is 0.524. The van der Waals surface area contributed by atoms with E-state index in [0.717, 1.165) is 50.7 Å². The highest BCUT2D eigenvalue weighted by Crippen LogP contribution is 2.38. The minimum Gasteiger partial charge on any atom is -0.493 e. The molecule has 28 heavy (non-hydrogen) atoms. The van der Waals surface area contributed by atoms with E-state index in [1.165, 1.54) is 24.1 Å². The number of benzene rings is 1. The molecule has 0 N–H and O–H groups in total. The average molecular weight is 384 g/mol. The lowest BCUT2D eigenvalue weighted by molar-refractivity contribution is 0.241. The molecule has 0 unspecified atom stereocenters. The van der Waals surface area contributed by atoms with Crippen molar-refractivity contribution in [1.29, 1.82) is 0 Å². The van der Waals surface area contributed by atoms with Gasteiger partial charge in [-0.25, -0.2) is 9.97 Å². The summed E-state index contributed by atoms with van der Waals surface area (Å²) in [4.78, 5) is 14.2. The van der Waals surface area contributed by atoms with Crippen LogP contribution in [0.5, 0.6) is 17.2 Å². The molecule has 0 saturated carbocycles. The second-order valence-corrected chi connectivity index (χ2v) is 7.33. The van der Waals surface area contributed by atoms with Gasteiger partial charge in [-0.2, -0.15) is 0 Å². The first kappa shape index (κ1) is 18.8. The van der Waals surface area contributed by atoms with Gasteiger partial charge in [0.25, 0.3) is 0 Å². The highest BCUT2D eigenvalue weighted by Gasteiger charge is 2.22. The van der Waals surface area contributed by atoms with Crippen molar-refractivity contribution in [2.24, 2.45) is 0 Å². The molecule has 7 nitrogen and oxygen atoms in total. The summed E-state index contributed by atoms with van der Waals surface area (Å²) in [6.45, 7) is 4.79.